The second kappa shape index (κ2) is 5.28. The maximum atomic E-state index is 5.96. The van der Waals surface area contributed by atoms with Gasteiger partial charge in [-0.3, -0.25) is 0 Å². The molecule has 15 heavy (non-hydrogen) atoms. The predicted octanol–water partition coefficient (Wildman–Crippen LogP) is 2.42. The molecule has 0 saturated carbocycles. The molecule has 5 heteroatoms. The van der Waals surface area contributed by atoms with Gasteiger partial charge < -0.3 is 10.1 Å². The second-order valence-electron chi connectivity index (χ2n) is 3.23. The number of rotatable bonds is 3. The van der Waals surface area contributed by atoms with Crippen molar-refractivity contribution >= 4 is 28.8 Å². The first-order chi connectivity index (χ1) is 7.04. The Labute approximate surface area is 99.8 Å². The molecule has 0 radical (unpaired) electrons. The number of thiocarbonyl (C=S) groups is 1. The standard InChI is InChI=1S/C10H13ClN2OS/c1-6(2)14-8-5-4-7(11)9(13-8)10(15)12-3/h4-6H,1-3H3,(H,12,15). The summed E-state index contributed by atoms with van der Waals surface area (Å²) in [4.78, 5) is 4.73. The van der Waals surface area contributed by atoms with E-state index in [2.05, 4.69) is 10.3 Å². The van der Waals surface area contributed by atoms with Crippen molar-refractivity contribution in [2.45, 2.75) is 20.0 Å². The Morgan fingerprint density at radius 2 is 2.20 bits per heavy atom. The molecule has 0 aliphatic heterocycles. The van der Waals surface area contributed by atoms with Crippen LogP contribution in [0.2, 0.25) is 5.02 Å². The molecule has 0 saturated heterocycles. The number of halogens is 1. The van der Waals surface area contributed by atoms with E-state index < -0.39 is 0 Å². The fraction of sp³-hybridized carbons (Fsp3) is 0.400. The molecule has 0 aliphatic carbocycles. The van der Waals surface area contributed by atoms with Crippen molar-refractivity contribution in [2.24, 2.45) is 0 Å². The molecule has 0 aromatic carbocycles. The van der Waals surface area contributed by atoms with Gasteiger partial charge >= 0.3 is 0 Å². The van der Waals surface area contributed by atoms with Gasteiger partial charge in [0.1, 0.15) is 10.7 Å². The number of hydrogen-bond acceptors (Lipinski definition) is 3. The normalized spacial score (nSPS) is 10.2. The molecule has 1 aromatic heterocycles. The maximum absolute atomic E-state index is 5.96. The van der Waals surface area contributed by atoms with Crippen molar-refractivity contribution in [3.05, 3.63) is 22.8 Å². The average Bonchev–Trinajstić information content (AvgIpc) is 2.19. The van der Waals surface area contributed by atoms with Crippen LogP contribution in [0.1, 0.15) is 19.5 Å². The summed E-state index contributed by atoms with van der Waals surface area (Å²) >= 11 is 11.0. The fourth-order valence-electron chi connectivity index (χ4n) is 1.01. The summed E-state index contributed by atoms with van der Waals surface area (Å²) in [7, 11) is 1.73. The van der Waals surface area contributed by atoms with Crippen molar-refractivity contribution in [1.29, 1.82) is 0 Å². The highest BCUT2D eigenvalue weighted by Crippen LogP contribution is 2.19. The van der Waals surface area contributed by atoms with Crippen LogP contribution in [-0.2, 0) is 0 Å². The van der Waals surface area contributed by atoms with E-state index in [4.69, 9.17) is 28.6 Å². The van der Waals surface area contributed by atoms with Crippen LogP contribution in [-0.4, -0.2) is 23.1 Å². The first kappa shape index (κ1) is 12.2. The molecule has 0 aliphatic rings. The van der Waals surface area contributed by atoms with E-state index in [1.807, 2.05) is 13.8 Å². The molecule has 1 aromatic rings. The number of hydrogen-bond donors (Lipinski definition) is 1. The number of ether oxygens (including phenoxy) is 1. The summed E-state index contributed by atoms with van der Waals surface area (Å²) in [6, 6.07) is 3.45. The Hall–Kier alpha value is -0.870. The third-order valence-corrected chi connectivity index (χ3v) is 2.32. The van der Waals surface area contributed by atoms with E-state index in [0.29, 0.717) is 21.6 Å². The Kier molecular flexibility index (Phi) is 4.29. The van der Waals surface area contributed by atoms with E-state index in [9.17, 15) is 0 Å². The number of pyridine rings is 1. The average molecular weight is 245 g/mol. The van der Waals surface area contributed by atoms with E-state index in [-0.39, 0.29) is 6.10 Å². The fourth-order valence-corrected chi connectivity index (χ4v) is 1.42. The summed E-state index contributed by atoms with van der Waals surface area (Å²) in [6.45, 7) is 3.87. The molecule has 1 N–H and O–H groups in total. The van der Waals surface area contributed by atoms with Gasteiger partial charge in [0.25, 0.3) is 0 Å². The highest BCUT2D eigenvalue weighted by atomic mass is 35.5. The molecular weight excluding hydrogens is 232 g/mol. The molecule has 0 atom stereocenters. The molecule has 3 nitrogen and oxygen atoms in total. The highest BCUT2D eigenvalue weighted by Gasteiger charge is 2.09. The quantitative estimate of drug-likeness (QED) is 0.829. The van der Waals surface area contributed by atoms with Gasteiger partial charge in [-0.25, -0.2) is 4.98 Å². The van der Waals surface area contributed by atoms with Crippen LogP contribution in [0.4, 0.5) is 0 Å². The van der Waals surface area contributed by atoms with Gasteiger partial charge in [0, 0.05) is 13.1 Å². The molecule has 1 heterocycles. The van der Waals surface area contributed by atoms with E-state index in [1.54, 1.807) is 19.2 Å². The van der Waals surface area contributed by atoms with Crippen LogP contribution in [0.25, 0.3) is 0 Å². The topological polar surface area (TPSA) is 34.2 Å². The Morgan fingerprint density at radius 3 is 2.73 bits per heavy atom. The van der Waals surface area contributed by atoms with Crippen LogP contribution in [0.15, 0.2) is 12.1 Å². The zero-order chi connectivity index (χ0) is 11.4. The molecule has 0 amide bonds. The Balaban J connectivity index is 3.00. The van der Waals surface area contributed by atoms with Crippen LogP contribution in [0, 0.1) is 0 Å². The smallest absolute Gasteiger partial charge is 0.214 e. The Morgan fingerprint density at radius 1 is 1.53 bits per heavy atom. The van der Waals surface area contributed by atoms with Gasteiger partial charge in [0.2, 0.25) is 5.88 Å². The molecule has 0 unspecified atom stereocenters. The zero-order valence-corrected chi connectivity index (χ0v) is 10.4. The summed E-state index contributed by atoms with van der Waals surface area (Å²) < 4.78 is 5.45. The highest BCUT2D eigenvalue weighted by molar-refractivity contribution is 7.80. The number of nitrogens with one attached hydrogen (secondary N) is 1. The second-order valence-corrected chi connectivity index (χ2v) is 4.04. The molecule has 0 fully saturated rings. The van der Waals surface area contributed by atoms with Gasteiger partial charge in [-0.2, -0.15) is 0 Å². The third-order valence-electron chi connectivity index (χ3n) is 1.62. The van der Waals surface area contributed by atoms with Crippen molar-refractivity contribution in [1.82, 2.24) is 10.3 Å². The lowest BCUT2D eigenvalue weighted by atomic mass is 10.3. The zero-order valence-electron chi connectivity index (χ0n) is 8.87. The van der Waals surface area contributed by atoms with Crippen molar-refractivity contribution in [3.8, 4) is 5.88 Å². The van der Waals surface area contributed by atoms with Gasteiger partial charge in [-0.1, -0.05) is 23.8 Å². The minimum absolute atomic E-state index is 0.0784. The molecule has 0 spiro atoms. The first-order valence-electron chi connectivity index (χ1n) is 4.60. The van der Waals surface area contributed by atoms with Crippen LogP contribution >= 0.6 is 23.8 Å². The van der Waals surface area contributed by atoms with Crippen molar-refractivity contribution in [2.75, 3.05) is 7.05 Å². The first-order valence-corrected chi connectivity index (χ1v) is 5.38. The van der Waals surface area contributed by atoms with E-state index >= 15 is 0 Å². The lowest BCUT2D eigenvalue weighted by molar-refractivity contribution is 0.232. The largest absolute Gasteiger partial charge is 0.475 e. The summed E-state index contributed by atoms with van der Waals surface area (Å²) in [5.74, 6) is 0.530. The lowest BCUT2D eigenvalue weighted by Gasteiger charge is -2.11. The monoisotopic (exact) mass is 244 g/mol. The van der Waals surface area contributed by atoms with Gasteiger partial charge in [0.05, 0.1) is 11.1 Å². The molecule has 1 rings (SSSR count). The van der Waals surface area contributed by atoms with Crippen LogP contribution < -0.4 is 10.1 Å². The van der Waals surface area contributed by atoms with Gasteiger partial charge in [-0.15, -0.1) is 0 Å². The van der Waals surface area contributed by atoms with Crippen LogP contribution in [0.5, 0.6) is 5.88 Å². The summed E-state index contributed by atoms with van der Waals surface area (Å²) in [5.41, 5.74) is 0.548. The third kappa shape index (κ3) is 3.32. The molecular formula is C10H13ClN2OS. The van der Waals surface area contributed by atoms with Crippen LogP contribution in [0.3, 0.4) is 0 Å². The molecule has 0 bridgehead atoms. The number of nitrogens with zero attached hydrogens (tertiary/aromatic N) is 1. The Bertz CT molecular complexity index is 368. The minimum atomic E-state index is 0.0784. The maximum Gasteiger partial charge on any atom is 0.214 e. The summed E-state index contributed by atoms with van der Waals surface area (Å²) in [5, 5.41) is 3.35. The van der Waals surface area contributed by atoms with Gasteiger partial charge in [0.15, 0.2) is 0 Å². The van der Waals surface area contributed by atoms with Crippen molar-refractivity contribution < 1.29 is 4.74 Å². The van der Waals surface area contributed by atoms with Gasteiger partial charge in [-0.05, 0) is 19.9 Å². The van der Waals surface area contributed by atoms with E-state index in [0.717, 1.165) is 0 Å². The predicted molar refractivity (Wildman–Crippen MR) is 65.8 cm³/mol. The van der Waals surface area contributed by atoms with E-state index in [1.165, 1.54) is 0 Å². The lowest BCUT2D eigenvalue weighted by Crippen LogP contribution is -2.19. The van der Waals surface area contributed by atoms with Crippen molar-refractivity contribution in [3.63, 3.8) is 0 Å². The minimum Gasteiger partial charge on any atom is -0.475 e. The molecule has 82 valence electrons. The summed E-state index contributed by atoms with van der Waals surface area (Å²) in [6.07, 6.45) is 0.0784. The SMILES string of the molecule is CNC(=S)c1nc(OC(C)C)ccc1Cl. The number of aromatic nitrogens is 1.